The molecule has 0 aliphatic carbocycles. The van der Waals surface area contributed by atoms with Crippen molar-refractivity contribution in [1.29, 1.82) is 0 Å². The van der Waals surface area contributed by atoms with E-state index in [-0.39, 0.29) is 24.1 Å². The number of ether oxygens (including phenoxy) is 2. The minimum atomic E-state index is -0.210. The average Bonchev–Trinajstić information content (AvgIpc) is 2.60. The summed E-state index contributed by atoms with van der Waals surface area (Å²) in [6.07, 6.45) is 1.36. The van der Waals surface area contributed by atoms with Gasteiger partial charge in [-0.2, -0.15) is 0 Å². The van der Waals surface area contributed by atoms with Gasteiger partial charge in [-0.15, -0.1) is 0 Å². The summed E-state index contributed by atoms with van der Waals surface area (Å²) in [5.74, 6) is 1.52. The number of carbonyl (C=O) groups is 2. The van der Waals surface area contributed by atoms with Gasteiger partial charge < -0.3 is 25.0 Å². The zero-order valence-corrected chi connectivity index (χ0v) is 13.8. The topological polar surface area (TPSA) is 79.9 Å². The van der Waals surface area contributed by atoms with E-state index in [4.69, 9.17) is 9.47 Å². The number of carbonyl (C=O) groups excluding carboxylic acids is 2. The standard InChI is InChI=1S/C17H23N3O4/c1-12(21)20-8-6-13(7-9-20)19-17(22)18-10-14-11-23-15-4-2-3-5-16(15)24-14/h2-5,13-14H,6-11H2,1H3,(H2,18,19,22). The molecule has 3 rings (SSSR count). The van der Waals surface area contributed by atoms with Gasteiger partial charge in [0, 0.05) is 26.1 Å². The van der Waals surface area contributed by atoms with Gasteiger partial charge in [-0.1, -0.05) is 12.1 Å². The van der Waals surface area contributed by atoms with Crippen LogP contribution in [0.4, 0.5) is 4.79 Å². The number of rotatable bonds is 3. The van der Waals surface area contributed by atoms with Crippen molar-refractivity contribution in [1.82, 2.24) is 15.5 Å². The molecule has 1 saturated heterocycles. The third-order valence-electron chi connectivity index (χ3n) is 4.33. The third-order valence-corrected chi connectivity index (χ3v) is 4.33. The Morgan fingerprint density at radius 1 is 1.21 bits per heavy atom. The van der Waals surface area contributed by atoms with E-state index >= 15 is 0 Å². The van der Waals surface area contributed by atoms with Gasteiger partial charge in [-0.3, -0.25) is 4.79 Å². The van der Waals surface area contributed by atoms with Gasteiger partial charge in [0.25, 0.3) is 0 Å². The first-order valence-corrected chi connectivity index (χ1v) is 8.30. The minimum absolute atomic E-state index is 0.0904. The third kappa shape index (κ3) is 4.10. The molecular formula is C17H23N3O4. The lowest BCUT2D eigenvalue weighted by atomic mass is 10.1. The van der Waals surface area contributed by atoms with Crippen LogP contribution in [0.3, 0.4) is 0 Å². The smallest absolute Gasteiger partial charge is 0.315 e. The number of benzene rings is 1. The second-order valence-corrected chi connectivity index (χ2v) is 6.13. The Bertz CT molecular complexity index is 599. The molecule has 2 N–H and O–H groups in total. The fourth-order valence-corrected chi connectivity index (χ4v) is 2.95. The van der Waals surface area contributed by atoms with Crippen LogP contribution in [-0.4, -0.2) is 55.2 Å². The van der Waals surface area contributed by atoms with Crippen LogP contribution in [0.25, 0.3) is 0 Å². The highest BCUT2D eigenvalue weighted by atomic mass is 16.6. The molecule has 2 aliphatic heterocycles. The molecule has 1 fully saturated rings. The lowest BCUT2D eigenvalue weighted by molar-refractivity contribution is -0.129. The quantitative estimate of drug-likeness (QED) is 0.869. The zero-order valence-electron chi connectivity index (χ0n) is 13.8. The molecule has 0 spiro atoms. The van der Waals surface area contributed by atoms with Crippen molar-refractivity contribution in [2.24, 2.45) is 0 Å². The van der Waals surface area contributed by atoms with Crippen molar-refractivity contribution < 1.29 is 19.1 Å². The Morgan fingerprint density at radius 3 is 2.62 bits per heavy atom. The maximum absolute atomic E-state index is 12.0. The summed E-state index contributed by atoms with van der Waals surface area (Å²) in [5, 5.41) is 5.78. The summed E-state index contributed by atoms with van der Waals surface area (Å²) in [7, 11) is 0. The highest BCUT2D eigenvalue weighted by molar-refractivity contribution is 5.75. The van der Waals surface area contributed by atoms with Crippen LogP contribution in [0.5, 0.6) is 11.5 Å². The van der Waals surface area contributed by atoms with Crippen LogP contribution < -0.4 is 20.1 Å². The number of nitrogens with one attached hydrogen (secondary N) is 2. The molecule has 24 heavy (non-hydrogen) atoms. The van der Waals surface area contributed by atoms with E-state index in [1.165, 1.54) is 0 Å². The molecule has 7 heteroatoms. The average molecular weight is 333 g/mol. The Kier molecular flexibility index (Phi) is 5.08. The van der Waals surface area contributed by atoms with Crippen LogP contribution >= 0.6 is 0 Å². The first-order chi connectivity index (χ1) is 11.6. The second-order valence-electron chi connectivity index (χ2n) is 6.13. The molecule has 1 aromatic rings. The molecule has 7 nitrogen and oxygen atoms in total. The van der Waals surface area contributed by atoms with Crippen LogP contribution in [0.2, 0.25) is 0 Å². The van der Waals surface area contributed by atoms with Crippen molar-refractivity contribution in [3.05, 3.63) is 24.3 Å². The van der Waals surface area contributed by atoms with E-state index in [1.54, 1.807) is 11.8 Å². The molecule has 1 aromatic carbocycles. The Balaban J connectivity index is 1.38. The molecule has 1 atom stereocenters. The predicted octanol–water partition coefficient (Wildman–Crippen LogP) is 1.14. The number of nitrogens with zero attached hydrogens (tertiary/aromatic N) is 1. The molecule has 1 unspecified atom stereocenters. The van der Waals surface area contributed by atoms with E-state index < -0.39 is 0 Å². The number of likely N-dealkylation sites (tertiary alicyclic amines) is 1. The SMILES string of the molecule is CC(=O)N1CCC(NC(=O)NCC2COc3ccccc3O2)CC1. The van der Waals surface area contributed by atoms with Crippen LogP contribution in [0.15, 0.2) is 24.3 Å². The fourth-order valence-electron chi connectivity index (χ4n) is 2.95. The summed E-state index contributed by atoms with van der Waals surface area (Å²) in [6.45, 7) is 3.75. The van der Waals surface area contributed by atoms with Gasteiger partial charge in [-0.05, 0) is 25.0 Å². The van der Waals surface area contributed by atoms with Gasteiger partial charge in [0.1, 0.15) is 6.61 Å². The largest absolute Gasteiger partial charge is 0.486 e. The van der Waals surface area contributed by atoms with Crippen molar-refractivity contribution >= 4 is 11.9 Å². The first-order valence-electron chi connectivity index (χ1n) is 8.30. The lowest BCUT2D eigenvalue weighted by Crippen LogP contribution is -2.50. The molecule has 0 radical (unpaired) electrons. The van der Waals surface area contributed by atoms with Gasteiger partial charge in [0.2, 0.25) is 5.91 Å². The number of piperidine rings is 1. The highest BCUT2D eigenvalue weighted by Gasteiger charge is 2.24. The minimum Gasteiger partial charge on any atom is -0.486 e. The molecule has 2 aliphatic rings. The fraction of sp³-hybridized carbons (Fsp3) is 0.529. The van der Waals surface area contributed by atoms with Gasteiger partial charge in [0.05, 0.1) is 6.54 Å². The second kappa shape index (κ2) is 7.42. The number of fused-ring (bicyclic) bond motifs is 1. The Hall–Kier alpha value is -2.44. The van der Waals surface area contributed by atoms with E-state index in [9.17, 15) is 9.59 Å². The van der Waals surface area contributed by atoms with Crippen molar-refractivity contribution in [3.8, 4) is 11.5 Å². The molecule has 0 bridgehead atoms. The predicted molar refractivity (Wildman–Crippen MR) is 88.2 cm³/mol. The van der Waals surface area contributed by atoms with E-state index in [2.05, 4.69) is 10.6 Å². The first kappa shape index (κ1) is 16.4. The number of para-hydroxylation sites is 2. The number of urea groups is 1. The summed E-state index contributed by atoms with van der Waals surface area (Å²) < 4.78 is 11.4. The van der Waals surface area contributed by atoms with Crippen molar-refractivity contribution in [2.75, 3.05) is 26.2 Å². The van der Waals surface area contributed by atoms with E-state index in [0.29, 0.717) is 32.0 Å². The number of amides is 3. The molecule has 130 valence electrons. The Morgan fingerprint density at radius 2 is 1.92 bits per heavy atom. The van der Waals surface area contributed by atoms with E-state index in [0.717, 1.165) is 18.6 Å². The van der Waals surface area contributed by atoms with Gasteiger partial charge >= 0.3 is 6.03 Å². The molecule has 0 aromatic heterocycles. The normalized spacial score (nSPS) is 20.4. The summed E-state index contributed by atoms with van der Waals surface area (Å²) in [5.41, 5.74) is 0. The summed E-state index contributed by atoms with van der Waals surface area (Å²) in [6, 6.07) is 7.39. The van der Waals surface area contributed by atoms with Crippen molar-refractivity contribution in [3.63, 3.8) is 0 Å². The summed E-state index contributed by atoms with van der Waals surface area (Å²) >= 11 is 0. The van der Waals surface area contributed by atoms with Gasteiger partial charge in [-0.25, -0.2) is 4.79 Å². The number of hydrogen-bond donors (Lipinski definition) is 2. The monoisotopic (exact) mass is 333 g/mol. The van der Waals surface area contributed by atoms with Crippen LogP contribution in [0.1, 0.15) is 19.8 Å². The number of hydrogen-bond acceptors (Lipinski definition) is 4. The van der Waals surface area contributed by atoms with Gasteiger partial charge in [0.15, 0.2) is 17.6 Å². The Labute approximate surface area is 141 Å². The van der Waals surface area contributed by atoms with E-state index in [1.807, 2.05) is 24.3 Å². The van der Waals surface area contributed by atoms with Crippen molar-refractivity contribution in [2.45, 2.75) is 31.9 Å². The molecule has 0 saturated carbocycles. The maximum Gasteiger partial charge on any atom is 0.315 e. The molecule has 2 heterocycles. The zero-order chi connectivity index (χ0) is 16.9. The van der Waals surface area contributed by atoms with Crippen LogP contribution in [-0.2, 0) is 4.79 Å². The molecule has 3 amide bonds. The maximum atomic E-state index is 12.0. The van der Waals surface area contributed by atoms with Crippen LogP contribution in [0, 0.1) is 0 Å². The lowest BCUT2D eigenvalue weighted by Gasteiger charge is -2.32. The summed E-state index contributed by atoms with van der Waals surface area (Å²) in [4.78, 5) is 25.1. The molecular weight excluding hydrogens is 310 g/mol. The highest BCUT2D eigenvalue weighted by Crippen LogP contribution is 2.30.